The van der Waals surface area contributed by atoms with Gasteiger partial charge in [0, 0.05) is 30.5 Å². The molecule has 6 nitrogen and oxygen atoms in total. The van der Waals surface area contributed by atoms with Crippen molar-refractivity contribution in [3.05, 3.63) is 35.7 Å². The molecule has 0 bridgehead atoms. The number of carbonyl (C=O) groups is 1. The first kappa shape index (κ1) is 19.6. The van der Waals surface area contributed by atoms with Crippen molar-refractivity contribution in [1.29, 1.82) is 0 Å². The Morgan fingerprint density at radius 1 is 1.41 bits per heavy atom. The quantitative estimate of drug-likeness (QED) is 0.788. The minimum Gasteiger partial charge on any atom is -0.497 e. The van der Waals surface area contributed by atoms with Crippen molar-refractivity contribution in [2.24, 2.45) is 5.92 Å². The van der Waals surface area contributed by atoms with Gasteiger partial charge >= 0.3 is 0 Å². The van der Waals surface area contributed by atoms with Gasteiger partial charge in [0.1, 0.15) is 17.6 Å². The number of aromatic nitrogens is 2. The lowest BCUT2D eigenvalue weighted by atomic mass is 10.1. The standard InChI is InChI=1S/C20H28N4O2S/c1-13(2)14(3)21-19(25)17-9-6-10-24(17)20-22-18(23-27-20)12-15-7-5-8-16(11-15)26-4/h5,7-8,11,13-14,17H,6,9-10,12H2,1-4H3,(H,21,25). The molecule has 2 atom stereocenters. The summed E-state index contributed by atoms with van der Waals surface area (Å²) in [5, 5.41) is 3.98. The van der Waals surface area contributed by atoms with Crippen molar-refractivity contribution in [2.45, 2.75) is 52.1 Å². The number of ether oxygens (including phenoxy) is 1. The number of carbonyl (C=O) groups excluding carboxylic acids is 1. The van der Waals surface area contributed by atoms with E-state index in [9.17, 15) is 4.79 Å². The number of amides is 1. The molecule has 0 saturated carbocycles. The molecule has 0 aliphatic carbocycles. The molecule has 2 unspecified atom stereocenters. The van der Waals surface area contributed by atoms with Gasteiger partial charge in [0.05, 0.1) is 7.11 Å². The number of anilines is 1. The van der Waals surface area contributed by atoms with E-state index in [-0.39, 0.29) is 18.0 Å². The van der Waals surface area contributed by atoms with Crippen LogP contribution >= 0.6 is 11.5 Å². The predicted molar refractivity (Wildman–Crippen MR) is 109 cm³/mol. The number of hydrogen-bond donors (Lipinski definition) is 1. The summed E-state index contributed by atoms with van der Waals surface area (Å²) in [5.74, 6) is 2.13. The lowest BCUT2D eigenvalue weighted by molar-refractivity contribution is -0.123. The number of nitrogens with zero attached hydrogens (tertiary/aromatic N) is 3. The molecule has 0 radical (unpaired) electrons. The molecule has 1 aliphatic rings. The second-order valence-corrected chi connectivity index (χ2v) is 8.14. The molecule has 1 aromatic heterocycles. The summed E-state index contributed by atoms with van der Waals surface area (Å²) in [7, 11) is 1.66. The van der Waals surface area contributed by atoms with Crippen LogP contribution in [-0.4, -0.2) is 41.0 Å². The fourth-order valence-electron chi connectivity index (χ4n) is 3.15. The third-order valence-electron chi connectivity index (χ3n) is 5.12. The van der Waals surface area contributed by atoms with E-state index in [1.165, 1.54) is 11.5 Å². The van der Waals surface area contributed by atoms with Crippen molar-refractivity contribution in [2.75, 3.05) is 18.6 Å². The van der Waals surface area contributed by atoms with Gasteiger partial charge < -0.3 is 15.0 Å². The molecule has 27 heavy (non-hydrogen) atoms. The van der Waals surface area contributed by atoms with Crippen LogP contribution in [-0.2, 0) is 11.2 Å². The third kappa shape index (κ3) is 4.77. The van der Waals surface area contributed by atoms with Gasteiger partial charge in [0.2, 0.25) is 11.0 Å². The second-order valence-electron chi connectivity index (χ2n) is 7.41. The molecule has 2 heterocycles. The van der Waals surface area contributed by atoms with Gasteiger partial charge in [-0.2, -0.15) is 4.37 Å². The van der Waals surface area contributed by atoms with Crippen molar-refractivity contribution in [3.63, 3.8) is 0 Å². The van der Waals surface area contributed by atoms with Gasteiger partial charge in [-0.3, -0.25) is 4.79 Å². The molecule has 1 N–H and O–H groups in total. The van der Waals surface area contributed by atoms with Crippen LogP contribution < -0.4 is 15.0 Å². The SMILES string of the molecule is COc1cccc(Cc2nsc(N3CCCC3C(=O)NC(C)C(C)C)n2)c1. The number of rotatable bonds is 7. The molecule has 2 aromatic rings. The summed E-state index contributed by atoms with van der Waals surface area (Å²) < 4.78 is 9.79. The second kappa shape index (κ2) is 8.69. The zero-order chi connectivity index (χ0) is 19.4. The Bertz CT molecular complexity index is 777. The first-order valence-electron chi connectivity index (χ1n) is 9.50. The number of nitrogens with one attached hydrogen (secondary N) is 1. The van der Waals surface area contributed by atoms with Crippen LogP contribution in [0.3, 0.4) is 0 Å². The number of benzene rings is 1. The Kier molecular flexibility index (Phi) is 6.31. The van der Waals surface area contributed by atoms with Gasteiger partial charge in [-0.1, -0.05) is 26.0 Å². The Morgan fingerprint density at radius 2 is 2.22 bits per heavy atom. The van der Waals surface area contributed by atoms with E-state index >= 15 is 0 Å². The van der Waals surface area contributed by atoms with Crippen molar-refractivity contribution < 1.29 is 9.53 Å². The smallest absolute Gasteiger partial charge is 0.243 e. The normalized spacial score (nSPS) is 18.0. The highest BCUT2D eigenvalue weighted by Crippen LogP contribution is 2.28. The van der Waals surface area contributed by atoms with E-state index in [4.69, 9.17) is 9.72 Å². The van der Waals surface area contributed by atoms with Crippen LogP contribution in [0.5, 0.6) is 5.75 Å². The van der Waals surface area contributed by atoms with E-state index < -0.39 is 0 Å². The third-order valence-corrected chi connectivity index (χ3v) is 5.92. The molecule has 1 fully saturated rings. The zero-order valence-corrected chi connectivity index (χ0v) is 17.3. The number of hydrogen-bond acceptors (Lipinski definition) is 6. The van der Waals surface area contributed by atoms with Crippen molar-refractivity contribution in [1.82, 2.24) is 14.7 Å². The predicted octanol–water partition coefficient (Wildman–Crippen LogP) is 3.27. The Balaban J connectivity index is 1.68. The summed E-state index contributed by atoms with van der Waals surface area (Å²) >= 11 is 1.38. The summed E-state index contributed by atoms with van der Waals surface area (Å²) in [6, 6.07) is 7.96. The Hall–Kier alpha value is -2.15. The average Bonchev–Trinajstić information content (AvgIpc) is 3.30. The van der Waals surface area contributed by atoms with Crippen molar-refractivity contribution in [3.8, 4) is 5.75 Å². The lowest BCUT2D eigenvalue weighted by Gasteiger charge is -2.25. The fraction of sp³-hybridized carbons (Fsp3) is 0.550. The fourth-order valence-corrected chi connectivity index (χ4v) is 3.92. The molecule has 146 valence electrons. The van der Waals surface area contributed by atoms with E-state index in [0.29, 0.717) is 12.3 Å². The maximum atomic E-state index is 12.7. The summed E-state index contributed by atoms with van der Waals surface area (Å²) in [6.07, 6.45) is 2.52. The first-order chi connectivity index (χ1) is 13.0. The van der Waals surface area contributed by atoms with Crippen LogP contribution in [0.25, 0.3) is 0 Å². The molecule has 0 spiro atoms. The minimum absolute atomic E-state index is 0.0956. The summed E-state index contributed by atoms with van der Waals surface area (Å²) in [6.45, 7) is 7.14. The molecule has 1 amide bonds. The first-order valence-corrected chi connectivity index (χ1v) is 10.3. The van der Waals surface area contributed by atoms with Crippen LogP contribution in [0.15, 0.2) is 24.3 Å². The Morgan fingerprint density at radius 3 is 2.96 bits per heavy atom. The number of methoxy groups -OCH3 is 1. The van der Waals surface area contributed by atoms with Gasteiger partial charge in [0.15, 0.2) is 0 Å². The lowest BCUT2D eigenvalue weighted by Crippen LogP contribution is -2.47. The molecule has 3 rings (SSSR count). The molecule has 1 aromatic carbocycles. The largest absolute Gasteiger partial charge is 0.497 e. The highest BCUT2D eigenvalue weighted by molar-refractivity contribution is 7.09. The topological polar surface area (TPSA) is 67.3 Å². The molecule has 1 aliphatic heterocycles. The average molecular weight is 389 g/mol. The van der Waals surface area contributed by atoms with E-state index in [0.717, 1.165) is 41.7 Å². The maximum absolute atomic E-state index is 12.7. The van der Waals surface area contributed by atoms with Gasteiger partial charge in [-0.25, -0.2) is 4.98 Å². The van der Waals surface area contributed by atoms with Gasteiger partial charge in [-0.15, -0.1) is 0 Å². The molecule has 7 heteroatoms. The van der Waals surface area contributed by atoms with E-state index in [2.05, 4.69) is 35.4 Å². The maximum Gasteiger partial charge on any atom is 0.243 e. The summed E-state index contributed by atoms with van der Waals surface area (Å²) in [4.78, 5) is 19.5. The van der Waals surface area contributed by atoms with Crippen molar-refractivity contribution >= 4 is 22.6 Å². The Labute approximate surface area is 165 Å². The monoisotopic (exact) mass is 388 g/mol. The van der Waals surface area contributed by atoms with Crippen LogP contribution in [0, 0.1) is 5.92 Å². The molecular weight excluding hydrogens is 360 g/mol. The highest BCUT2D eigenvalue weighted by atomic mass is 32.1. The molecule has 1 saturated heterocycles. The van der Waals surface area contributed by atoms with E-state index in [1.807, 2.05) is 24.3 Å². The van der Waals surface area contributed by atoms with Gasteiger partial charge in [0.25, 0.3) is 0 Å². The minimum atomic E-state index is -0.149. The van der Waals surface area contributed by atoms with Crippen LogP contribution in [0.4, 0.5) is 5.13 Å². The van der Waals surface area contributed by atoms with Crippen LogP contribution in [0.1, 0.15) is 45.0 Å². The molecular formula is C20H28N4O2S. The summed E-state index contributed by atoms with van der Waals surface area (Å²) in [5.41, 5.74) is 1.11. The highest BCUT2D eigenvalue weighted by Gasteiger charge is 2.33. The van der Waals surface area contributed by atoms with Crippen LogP contribution in [0.2, 0.25) is 0 Å². The van der Waals surface area contributed by atoms with Gasteiger partial charge in [-0.05, 0) is 43.4 Å². The van der Waals surface area contributed by atoms with E-state index in [1.54, 1.807) is 7.11 Å². The zero-order valence-electron chi connectivity index (χ0n) is 16.4.